The molecule has 2 aromatic rings. The van der Waals surface area contributed by atoms with Crippen LogP contribution < -0.4 is 16.6 Å². The van der Waals surface area contributed by atoms with Crippen molar-refractivity contribution in [2.75, 3.05) is 11.1 Å². The third-order valence-electron chi connectivity index (χ3n) is 2.69. The number of rotatable bonds is 3. The fourth-order valence-corrected chi connectivity index (χ4v) is 2.08. The predicted molar refractivity (Wildman–Crippen MR) is 82.6 cm³/mol. The average Bonchev–Trinajstić information content (AvgIpc) is 2.38. The molecule has 0 spiro atoms. The Labute approximate surface area is 124 Å². The molecule has 0 atom stereocenters. The van der Waals surface area contributed by atoms with Crippen molar-refractivity contribution in [1.82, 2.24) is 4.57 Å². The van der Waals surface area contributed by atoms with Crippen LogP contribution in [0.25, 0.3) is 0 Å². The number of aromatic nitrogens is 1. The minimum absolute atomic E-state index is 0.0687. The van der Waals surface area contributed by atoms with Gasteiger partial charge in [-0.3, -0.25) is 9.59 Å². The highest BCUT2D eigenvalue weighted by molar-refractivity contribution is 9.10. The Morgan fingerprint density at radius 3 is 2.65 bits per heavy atom. The summed E-state index contributed by atoms with van der Waals surface area (Å²) < 4.78 is 2.23. The minimum atomic E-state index is -0.360. The smallest absolute Gasteiger partial charge is 0.274 e. The maximum Gasteiger partial charge on any atom is 0.274 e. The molecular weight excluding hydrogens is 322 g/mol. The number of carbonyl (C=O) groups is 1. The van der Waals surface area contributed by atoms with Gasteiger partial charge in [0.05, 0.1) is 5.69 Å². The molecule has 3 N–H and O–H groups in total. The lowest BCUT2D eigenvalue weighted by molar-refractivity contribution is -0.116. The zero-order valence-corrected chi connectivity index (χ0v) is 12.5. The monoisotopic (exact) mass is 335 g/mol. The standard InChI is InChI=1S/C14H14BrN3O2/c1-9-6-12(16)14(20)18(7-9)8-13(19)17-11-4-2-10(15)3-5-11/h2-7H,8,16H2,1H3,(H,17,19). The molecule has 104 valence electrons. The van der Waals surface area contributed by atoms with E-state index in [2.05, 4.69) is 21.2 Å². The Morgan fingerprint density at radius 1 is 1.35 bits per heavy atom. The van der Waals surface area contributed by atoms with Crippen LogP contribution in [0.1, 0.15) is 5.56 Å². The molecule has 0 aliphatic heterocycles. The summed E-state index contributed by atoms with van der Waals surface area (Å²) in [6.07, 6.45) is 1.61. The molecule has 1 heterocycles. The van der Waals surface area contributed by atoms with Crippen molar-refractivity contribution in [3.63, 3.8) is 0 Å². The van der Waals surface area contributed by atoms with Crippen LogP contribution in [0.3, 0.4) is 0 Å². The van der Waals surface area contributed by atoms with Crippen LogP contribution in [-0.4, -0.2) is 10.5 Å². The number of carbonyl (C=O) groups excluding carboxylic acids is 1. The van der Waals surface area contributed by atoms with Gasteiger partial charge in [-0.1, -0.05) is 15.9 Å². The van der Waals surface area contributed by atoms with E-state index in [0.717, 1.165) is 10.0 Å². The number of anilines is 2. The number of halogens is 1. The lowest BCUT2D eigenvalue weighted by atomic mass is 10.3. The van der Waals surface area contributed by atoms with Gasteiger partial charge in [0, 0.05) is 16.4 Å². The van der Waals surface area contributed by atoms with Gasteiger partial charge in [0.15, 0.2) is 0 Å². The number of nitrogen functional groups attached to an aromatic ring is 1. The van der Waals surface area contributed by atoms with Crippen molar-refractivity contribution in [2.45, 2.75) is 13.5 Å². The minimum Gasteiger partial charge on any atom is -0.394 e. The van der Waals surface area contributed by atoms with E-state index in [1.807, 2.05) is 19.1 Å². The second-order valence-electron chi connectivity index (χ2n) is 4.46. The van der Waals surface area contributed by atoms with E-state index < -0.39 is 0 Å². The van der Waals surface area contributed by atoms with Gasteiger partial charge in [0.2, 0.25) is 5.91 Å². The number of hydrogen-bond acceptors (Lipinski definition) is 3. The van der Waals surface area contributed by atoms with Gasteiger partial charge < -0.3 is 15.6 Å². The van der Waals surface area contributed by atoms with E-state index in [1.54, 1.807) is 24.4 Å². The van der Waals surface area contributed by atoms with Gasteiger partial charge in [-0.2, -0.15) is 0 Å². The van der Waals surface area contributed by atoms with Crippen LogP contribution in [0, 0.1) is 6.92 Å². The number of aryl methyl sites for hydroxylation is 1. The Morgan fingerprint density at radius 2 is 2.00 bits per heavy atom. The summed E-state index contributed by atoms with van der Waals surface area (Å²) >= 11 is 3.32. The summed E-state index contributed by atoms with van der Waals surface area (Å²) in [6, 6.07) is 8.79. The van der Waals surface area contributed by atoms with Gasteiger partial charge in [0.25, 0.3) is 5.56 Å². The largest absolute Gasteiger partial charge is 0.394 e. The second kappa shape index (κ2) is 5.92. The summed E-state index contributed by atoms with van der Waals surface area (Å²) in [5.41, 5.74) is 6.88. The van der Waals surface area contributed by atoms with Crippen molar-refractivity contribution in [1.29, 1.82) is 0 Å². The molecule has 1 aromatic heterocycles. The van der Waals surface area contributed by atoms with E-state index in [1.165, 1.54) is 4.57 Å². The fourth-order valence-electron chi connectivity index (χ4n) is 1.82. The molecule has 5 nitrogen and oxygen atoms in total. The second-order valence-corrected chi connectivity index (χ2v) is 5.38. The highest BCUT2D eigenvalue weighted by Gasteiger charge is 2.07. The summed E-state index contributed by atoms with van der Waals surface area (Å²) in [5, 5.41) is 2.72. The maximum absolute atomic E-state index is 11.9. The highest BCUT2D eigenvalue weighted by atomic mass is 79.9. The lowest BCUT2D eigenvalue weighted by Crippen LogP contribution is -2.29. The van der Waals surface area contributed by atoms with Crippen molar-refractivity contribution in [3.8, 4) is 0 Å². The molecule has 1 aromatic carbocycles. The molecule has 0 aliphatic carbocycles. The first kappa shape index (κ1) is 14.3. The SMILES string of the molecule is Cc1cc(N)c(=O)n(CC(=O)Nc2ccc(Br)cc2)c1. The van der Waals surface area contributed by atoms with Crippen LogP contribution in [0.5, 0.6) is 0 Å². The van der Waals surface area contributed by atoms with Crippen molar-refractivity contribution in [2.24, 2.45) is 0 Å². The summed E-state index contributed by atoms with van der Waals surface area (Å²) in [7, 11) is 0. The number of pyridine rings is 1. The first-order chi connectivity index (χ1) is 9.45. The van der Waals surface area contributed by atoms with Crippen LogP contribution in [-0.2, 0) is 11.3 Å². The predicted octanol–water partition coefficient (Wildman–Crippen LogP) is 2.14. The summed E-state index contributed by atoms with van der Waals surface area (Å²) in [5.74, 6) is -0.278. The molecule has 0 saturated carbocycles. The van der Waals surface area contributed by atoms with E-state index in [0.29, 0.717) is 5.69 Å². The molecule has 0 radical (unpaired) electrons. The van der Waals surface area contributed by atoms with Crippen molar-refractivity contribution < 1.29 is 4.79 Å². The maximum atomic E-state index is 11.9. The number of amides is 1. The Hall–Kier alpha value is -2.08. The van der Waals surface area contributed by atoms with Gasteiger partial charge in [0.1, 0.15) is 6.54 Å². The zero-order chi connectivity index (χ0) is 14.7. The number of nitrogens with zero attached hydrogens (tertiary/aromatic N) is 1. The van der Waals surface area contributed by atoms with Crippen molar-refractivity contribution >= 4 is 33.2 Å². The first-order valence-electron chi connectivity index (χ1n) is 5.97. The number of nitrogens with two attached hydrogens (primary N) is 1. The van der Waals surface area contributed by atoms with E-state index in [-0.39, 0.29) is 23.7 Å². The third kappa shape index (κ3) is 3.48. The van der Waals surface area contributed by atoms with Crippen LogP contribution in [0.4, 0.5) is 11.4 Å². The van der Waals surface area contributed by atoms with Gasteiger partial charge >= 0.3 is 0 Å². The molecule has 0 saturated heterocycles. The highest BCUT2D eigenvalue weighted by Crippen LogP contribution is 2.14. The first-order valence-corrected chi connectivity index (χ1v) is 6.77. The molecule has 6 heteroatoms. The fraction of sp³-hybridized carbons (Fsp3) is 0.143. The van der Waals surface area contributed by atoms with Gasteiger partial charge in [-0.25, -0.2) is 0 Å². The molecule has 1 amide bonds. The van der Waals surface area contributed by atoms with Crippen LogP contribution >= 0.6 is 15.9 Å². The Balaban J connectivity index is 2.12. The summed E-state index contributed by atoms with van der Waals surface area (Å²) in [4.78, 5) is 23.7. The third-order valence-corrected chi connectivity index (χ3v) is 3.22. The van der Waals surface area contributed by atoms with Crippen LogP contribution in [0.2, 0.25) is 0 Å². The molecule has 0 unspecified atom stereocenters. The quantitative estimate of drug-likeness (QED) is 0.902. The van der Waals surface area contributed by atoms with Crippen LogP contribution in [0.15, 0.2) is 45.8 Å². The molecule has 0 fully saturated rings. The normalized spacial score (nSPS) is 10.3. The molecular formula is C14H14BrN3O2. The van der Waals surface area contributed by atoms with E-state index >= 15 is 0 Å². The summed E-state index contributed by atoms with van der Waals surface area (Å²) in [6.45, 7) is 1.75. The number of hydrogen-bond donors (Lipinski definition) is 2. The lowest BCUT2D eigenvalue weighted by Gasteiger charge is -2.09. The van der Waals surface area contributed by atoms with Gasteiger partial charge in [-0.15, -0.1) is 0 Å². The molecule has 20 heavy (non-hydrogen) atoms. The van der Waals surface area contributed by atoms with Gasteiger partial charge in [-0.05, 0) is 42.8 Å². The number of benzene rings is 1. The topological polar surface area (TPSA) is 77.1 Å². The molecule has 2 rings (SSSR count). The van der Waals surface area contributed by atoms with E-state index in [9.17, 15) is 9.59 Å². The Bertz CT molecular complexity index is 693. The van der Waals surface area contributed by atoms with Crippen molar-refractivity contribution in [3.05, 3.63) is 56.9 Å². The number of nitrogens with one attached hydrogen (secondary N) is 1. The molecule has 0 bridgehead atoms. The average molecular weight is 336 g/mol. The Kier molecular flexibility index (Phi) is 4.24. The zero-order valence-electron chi connectivity index (χ0n) is 10.9. The van der Waals surface area contributed by atoms with E-state index in [4.69, 9.17) is 5.73 Å². The molecule has 0 aliphatic rings.